The molecular weight excluding hydrogens is 240 g/mol. The van der Waals surface area contributed by atoms with Gasteiger partial charge >= 0.3 is 6.01 Å². The predicted molar refractivity (Wildman–Crippen MR) is 67.4 cm³/mol. The van der Waals surface area contributed by atoms with Crippen molar-refractivity contribution >= 4 is 17.8 Å². The molecular formula is C10H18N4O2S. The molecule has 0 unspecified atom stereocenters. The van der Waals surface area contributed by atoms with Crippen LogP contribution in [0.5, 0.6) is 0 Å². The first kappa shape index (κ1) is 12.7. The maximum Gasteiger partial charge on any atom is 0.318 e. The highest BCUT2D eigenvalue weighted by molar-refractivity contribution is 7.99. The predicted octanol–water partition coefficient (Wildman–Crippen LogP) is 0.359. The lowest BCUT2D eigenvalue weighted by Crippen LogP contribution is -2.32. The second-order valence-corrected chi connectivity index (χ2v) is 4.97. The minimum atomic E-state index is 0.596. The van der Waals surface area contributed by atoms with Crippen LogP contribution in [0.15, 0.2) is 4.42 Å². The van der Waals surface area contributed by atoms with Gasteiger partial charge in [-0.3, -0.25) is 0 Å². The molecule has 17 heavy (non-hydrogen) atoms. The van der Waals surface area contributed by atoms with E-state index in [2.05, 4.69) is 20.4 Å². The summed E-state index contributed by atoms with van der Waals surface area (Å²) in [6, 6.07) is 0.647. The van der Waals surface area contributed by atoms with Crippen molar-refractivity contribution in [2.24, 2.45) is 0 Å². The molecule has 96 valence electrons. The number of ether oxygens (including phenoxy) is 1. The summed E-state index contributed by atoms with van der Waals surface area (Å²) in [5.74, 6) is 2.89. The highest BCUT2D eigenvalue weighted by atomic mass is 32.2. The van der Waals surface area contributed by atoms with Gasteiger partial charge in [-0.1, -0.05) is 5.10 Å². The number of rotatable bonds is 6. The Hall–Kier alpha value is -0.790. The molecule has 0 amide bonds. The summed E-state index contributed by atoms with van der Waals surface area (Å²) >= 11 is 1.96. The summed E-state index contributed by atoms with van der Waals surface area (Å²) in [5, 5.41) is 11.3. The SMILES string of the molecule is COCCNCc1nnc(N2CCSCC2)o1. The molecule has 0 aromatic carbocycles. The van der Waals surface area contributed by atoms with Crippen LogP contribution < -0.4 is 10.2 Å². The van der Waals surface area contributed by atoms with E-state index in [-0.39, 0.29) is 0 Å². The molecule has 1 fully saturated rings. The van der Waals surface area contributed by atoms with Crippen LogP contribution in [-0.2, 0) is 11.3 Å². The van der Waals surface area contributed by atoms with Gasteiger partial charge < -0.3 is 19.4 Å². The third-order valence-corrected chi connectivity index (χ3v) is 3.44. The second kappa shape index (κ2) is 6.83. The second-order valence-electron chi connectivity index (χ2n) is 3.75. The zero-order valence-corrected chi connectivity index (χ0v) is 10.8. The number of hydrogen-bond donors (Lipinski definition) is 1. The quantitative estimate of drug-likeness (QED) is 0.739. The molecule has 0 radical (unpaired) electrons. The van der Waals surface area contributed by atoms with E-state index >= 15 is 0 Å². The number of hydrogen-bond acceptors (Lipinski definition) is 7. The van der Waals surface area contributed by atoms with Crippen molar-refractivity contribution in [2.45, 2.75) is 6.54 Å². The Bertz CT molecular complexity index is 328. The normalized spacial score (nSPS) is 16.4. The Kier molecular flexibility index (Phi) is 5.08. The monoisotopic (exact) mass is 258 g/mol. The molecule has 6 nitrogen and oxygen atoms in total. The van der Waals surface area contributed by atoms with Crippen molar-refractivity contribution in [3.63, 3.8) is 0 Å². The van der Waals surface area contributed by atoms with Crippen molar-refractivity contribution in [1.29, 1.82) is 0 Å². The van der Waals surface area contributed by atoms with E-state index < -0.39 is 0 Å². The Labute approximate surface area is 105 Å². The minimum Gasteiger partial charge on any atom is -0.407 e. The molecule has 0 aliphatic carbocycles. The van der Waals surface area contributed by atoms with E-state index in [0.717, 1.165) is 31.1 Å². The molecule has 1 N–H and O–H groups in total. The average Bonchev–Trinajstić information content (AvgIpc) is 2.85. The maximum atomic E-state index is 5.59. The number of methoxy groups -OCH3 is 1. The molecule has 2 heterocycles. The Morgan fingerprint density at radius 3 is 3.00 bits per heavy atom. The highest BCUT2D eigenvalue weighted by Crippen LogP contribution is 2.17. The zero-order valence-electron chi connectivity index (χ0n) is 10.0. The van der Waals surface area contributed by atoms with Crippen LogP contribution in [0.1, 0.15) is 5.89 Å². The summed E-state index contributed by atoms with van der Waals surface area (Å²) in [6.07, 6.45) is 0. The first-order chi connectivity index (χ1) is 8.40. The van der Waals surface area contributed by atoms with Crippen LogP contribution in [0, 0.1) is 0 Å². The summed E-state index contributed by atoms with van der Waals surface area (Å²) < 4.78 is 10.5. The van der Waals surface area contributed by atoms with Gasteiger partial charge in [-0.05, 0) is 0 Å². The molecule has 0 atom stereocenters. The largest absolute Gasteiger partial charge is 0.407 e. The topological polar surface area (TPSA) is 63.4 Å². The smallest absolute Gasteiger partial charge is 0.318 e. The van der Waals surface area contributed by atoms with Crippen LogP contribution in [0.3, 0.4) is 0 Å². The van der Waals surface area contributed by atoms with Crippen molar-refractivity contribution in [3.8, 4) is 0 Å². The van der Waals surface area contributed by atoms with Crippen molar-refractivity contribution in [3.05, 3.63) is 5.89 Å². The Morgan fingerprint density at radius 1 is 1.41 bits per heavy atom. The lowest BCUT2D eigenvalue weighted by atomic mass is 10.5. The van der Waals surface area contributed by atoms with Crippen LogP contribution in [0.4, 0.5) is 6.01 Å². The highest BCUT2D eigenvalue weighted by Gasteiger charge is 2.16. The van der Waals surface area contributed by atoms with Gasteiger partial charge in [-0.25, -0.2) is 0 Å². The fourth-order valence-corrected chi connectivity index (χ4v) is 2.47. The minimum absolute atomic E-state index is 0.596. The van der Waals surface area contributed by atoms with E-state index in [1.807, 2.05) is 11.8 Å². The van der Waals surface area contributed by atoms with Gasteiger partial charge in [0, 0.05) is 38.2 Å². The molecule has 0 bridgehead atoms. The number of nitrogens with zero attached hydrogens (tertiary/aromatic N) is 3. The van der Waals surface area contributed by atoms with Crippen LogP contribution in [-0.4, -0.2) is 55.1 Å². The van der Waals surface area contributed by atoms with E-state index in [1.165, 1.54) is 0 Å². The van der Waals surface area contributed by atoms with E-state index in [4.69, 9.17) is 9.15 Å². The fourth-order valence-electron chi connectivity index (χ4n) is 1.57. The van der Waals surface area contributed by atoms with Crippen molar-refractivity contribution < 1.29 is 9.15 Å². The molecule has 1 aliphatic rings. The van der Waals surface area contributed by atoms with Crippen molar-refractivity contribution in [1.82, 2.24) is 15.5 Å². The van der Waals surface area contributed by atoms with E-state index in [9.17, 15) is 0 Å². The number of thioether (sulfide) groups is 1. The molecule has 7 heteroatoms. The Balaban J connectivity index is 1.78. The summed E-state index contributed by atoms with van der Waals surface area (Å²) in [5.41, 5.74) is 0. The summed E-state index contributed by atoms with van der Waals surface area (Å²) in [4.78, 5) is 2.14. The van der Waals surface area contributed by atoms with Gasteiger partial charge in [-0.2, -0.15) is 11.8 Å². The van der Waals surface area contributed by atoms with Crippen LogP contribution in [0.2, 0.25) is 0 Å². The third-order valence-electron chi connectivity index (χ3n) is 2.50. The van der Waals surface area contributed by atoms with Gasteiger partial charge in [0.05, 0.1) is 13.2 Å². The summed E-state index contributed by atoms with van der Waals surface area (Å²) in [6.45, 7) is 4.05. The fraction of sp³-hybridized carbons (Fsp3) is 0.800. The summed E-state index contributed by atoms with van der Waals surface area (Å²) in [7, 11) is 1.68. The number of anilines is 1. The van der Waals surface area contributed by atoms with Crippen molar-refractivity contribution in [2.75, 3.05) is 49.8 Å². The molecule has 1 aromatic heterocycles. The molecule has 1 aliphatic heterocycles. The molecule has 1 saturated heterocycles. The molecule has 0 spiro atoms. The zero-order chi connectivity index (χ0) is 11.9. The van der Waals surface area contributed by atoms with Gasteiger partial charge in [0.25, 0.3) is 0 Å². The van der Waals surface area contributed by atoms with Gasteiger partial charge in [0.1, 0.15) is 0 Å². The molecule has 0 saturated carbocycles. The first-order valence-corrected chi connectivity index (χ1v) is 6.90. The first-order valence-electron chi connectivity index (χ1n) is 5.75. The van der Waals surface area contributed by atoms with E-state index in [0.29, 0.717) is 25.1 Å². The standard InChI is InChI=1S/C10H18N4O2S/c1-15-5-2-11-8-9-12-13-10(16-9)14-3-6-17-7-4-14/h11H,2-8H2,1H3. The van der Waals surface area contributed by atoms with Gasteiger partial charge in [0.2, 0.25) is 5.89 Å². The molecule has 2 rings (SSSR count). The van der Waals surface area contributed by atoms with E-state index in [1.54, 1.807) is 7.11 Å². The maximum absolute atomic E-state index is 5.59. The lowest BCUT2D eigenvalue weighted by Gasteiger charge is -2.23. The lowest BCUT2D eigenvalue weighted by molar-refractivity contribution is 0.198. The molecule has 1 aromatic rings. The van der Waals surface area contributed by atoms with Gasteiger partial charge in [-0.15, -0.1) is 5.10 Å². The third kappa shape index (κ3) is 3.86. The average molecular weight is 258 g/mol. The van der Waals surface area contributed by atoms with Crippen LogP contribution >= 0.6 is 11.8 Å². The van der Waals surface area contributed by atoms with Crippen LogP contribution in [0.25, 0.3) is 0 Å². The number of nitrogens with one attached hydrogen (secondary N) is 1. The van der Waals surface area contributed by atoms with Gasteiger partial charge in [0.15, 0.2) is 0 Å². The number of aromatic nitrogens is 2. The Morgan fingerprint density at radius 2 is 2.24 bits per heavy atom.